The van der Waals surface area contributed by atoms with Crippen molar-refractivity contribution < 1.29 is 14.7 Å². The number of benzene rings is 1. The van der Waals surface area contributed by atoms with Gasteiger partial charge >= 0.3 is 0 Å². The molecule has 0 atom stereocenters. The third-order valence-corrected chi connectivity index (χ3v) is 6.84. The second-order valence-corrected chi connectivity index (χ2v) is 8.95. The van der Waals surface area contributed by atoms with Crippen LogP contribution in [0, 0.1) is 0 Å². The number of amides is 2. The van der Waals surface area contributed by atoms with E-state index < -0.39 is 5.60 Å². The predicted molar refractivity (Wildman–Crippen MR) is 121 cm³/mol. The lowest BCUT2D eigenvalue weighted by Gasteiger charge is -2.38. The summed E-state index contributed by atoms with van der Waals surface area (Å²) in [6.07, 6.45) is 4.42. The zero-order valence-corrected chi connectivity index (χ0v) is 18.1. The maximum absolute atomic E-state index is 12.9. The van der Waals surface area contributed by atoms with E-state index in [2.05, 4.69) is 25.5 Å². The molecule has 0 saturated carbocycles. The molecule has 0 unspecified atom stereocenters. The summed E-state index contributed by atoms with van der Waals surface area (Å²) >= 11 is 1.46. The number of nitrogens with one attached hydrogen (secondary N) is 2. The molecule has 4 aromatic rings. The highest BCUT2D eigenvalue weighted by atomic mass is 32.1. The van der Waals surface area contributed by atoms with E-state index in [1.54, 1.807) is 17.2 Å². The van der Waals surface area contributed by atoms with Crippen LogP contribution in [0.4, 0.5) is 0 Å². The fourth-order valence-electron chi connectivity index (χ4n) is 4.10. The van der Waals surface area contributed by atoms with Crippen LogP contribution < -0.4 is 5.32 Å². The van der Waals surface area contributed by atoms with E-state index in [1.165, 1.54) is 17.7 Å². The largest absolute Gasteiger partial charge is 0.390 e. The molecule has 1 aromatic carbocycles. The SMILES string of the molecule is O=C(NCCC1(O)CCN(C(=O)c2ccc3[nH]ncc3c2)CC1)c1ncnc2sccc12. The Morgan fingerprint density at radius 2 is 2.06 bits per heavy atom. The van der Waals surface area contributed by atoms with Gasteiger partial charge in [0.15, 0.2) is 0 Å². The van der Waals surface area contributed by atoms with Crippen LogP contribution in [0.3, 0.4) is 0 Å². The minimum Gasteiger partial charge on any atom is -0.390 e. The lowest BCUT2D eigenvalue weighted by Crippen LogP contribution is -2.48. The van der Waals surface area contributed by atoms with E-state index in [0.717, 1.165) is 21.1 Å². The van der Waals surface area contributed by atoms with E-state index in [1.807, 2.05) is 23.6 Å². The molecule has 1 saturated heterocycles. The molecule has 2 amide bonds. The predicted octanol–water partition coefficient (Wildman–Crippen LogP) is 2.35. The number of likely N-dealkylation sites (tertiary alicyclic amines) is 1. The molecule has 3 aromatic heterocycles. The number of hydrogen-bond acceptors (Lipinski definition) is 7. The van der Waals surface area contributed by atoms with Crippen molar-refractivity contribution in [1.82, 2.24) is 30.4 Å². The van der Waals surface area contributed by atoms with Crippen molar-refractivity contribution in [3.05, 3.63) is 53.4 Å². The van der Waals surface area contributed by atoms with Crippen molar-refractivity contribution in [2.24, 2.45) is 0 Å². The average molecular weight is 451 g/mol. The lowest BCUT2D eigenvalue weighted by atomic mass is 9.88. The number of carbonyl (C=O) groups is 2. The van der Waals surface area contributed by atoms with Crippen LogP contribution in [0.15, 0.2) is 42.2 Å². The molecule has 9 nitrogen and oxygen atoms in total. The monoisotopic (exact) mass is 450 g/mol. The average Bonchev–Trinajstić information content (AvgIpc) is 3.47. The van der Waals surface area contributed by atoms with Gasteiger partial charge in [-0.2, -0.15) is 5.10 Å². The Kier molecular flexibility index (Phi) is 5.32. The minimum absolute atomic E-state index is 0.0491. The van der Waals surface area contributed by atoms with Crippen molar-refractivity contribution in [2.45, 2.75) is 24.9 Å². The highest BCUT2D eigenvalue weighted by molar-refractivity contribution is 7.16. The summed E-state index contributed by atoms with van der Waals surface area (Å²) in [5.74, 6) is -0.325. The van der Waals surface area contributed by atoms with Gasteiger partial charge in [0.2, 0.25) is 0 Å². The molecule has 1 aliphatic rings. The van der Waals surface area contributed by atoms with Gasteiger partial charge in [0, 0.05) is 36.0 Å². The van der Waals surface area contributed by atoms with Crippen molar-refractivity contribution >= 4 is 44.3 Å². The standard InChI is InChI=1S/C22H22N6O3S/c29-19(18-16-3-10-32-20(16)25-13-24-18)23-7-4-22(31)5-8-28(9-6-22)21(30)14-1-2-17-15(11-14)12-26-27-17/h1-3,10-13,31H,4-9H2,(H,23,29)(H,26,27). The minimum atomic E-state index is -0.915. The first-order valence-electron chi connectivity index (χ1n) is 10.4. The fourth-order valence-corrected chi connectivity index (χ4v) is 4.83. The van der Waals surface area contributed by atoms with Gasteiger partial charge in [-0.15, -0.1) is 11.3 Å². The number of nitrogens with zero attached hydrogens (tertiary/aromatic N) is 4. The Balaban J connectivity index is 1.15. The summed E-state index contributed by atoms with van der Waals surface area (Å²) in [5.41, 5.74) is 0.930. The van der Waals surface area contributed by atoms with E-state index in [-0.39, 0.29) is 11.8 Å². The first-order valence-corrected chi connectivity index (χ1v) is 11.3. The summed E-state index contributed by atoms with van der Waals surface area (Å²) in [6, 6.07) is 7.30. The number of aromatic nitrogens is 4. The van der Waals surface area contributed by atoms with Crippen LogP contribution in [-0.2, 0) is 0 Å². The van der Waals surface area contributed by atoms with Gasteiger partial charge in [-0.25, -0.2) is 9.97 Å². The van der Waals surface area contributed by atoms with Crippen LogP contribution in [0.25, 0.3) is 21.1 Å². The topological polar surface area (TPSA) is 124 Å². The van der Waals surface area contributed by atoms with Gasteiger partial charge in [0.25, 0.3) is 11.8 Å². The molecule has 1 aliphatic heterocycles. The molecule has 1 fully saturated rings. The summed E-state index contributed by atoms with van der Waals surface area (Å²) < 4.78 is 0. The summed E-state index contributed by atoms with van der Waals surface area (Å²) in [7, 11) is 0. The Labute approximate surface area is 187 Å². The second-order valence-electron chi connectivity index (χ2n) is 8.06. The Morgan fingerprint density at radius 3 is 2.91 bits per heavy atom. The van der Waals surface area contributed by atoms with Crippen LogP contribution >= 0.6 is 11.3 Å². The smallest absolute Gasteiger partial charge is 0.270 e. The van der Waals surface area contributed by atoms with Crippen LogP contribution in [0.2, 0.25) is 0 Å². The number of H-pyrrole nitrogens is 1. The third-order valence-electron chi connectivity index (χ3n) is 6.02. The first kappa shape index (κ1) is 20.5. The first-order chi connectivity index (χ1) is 15.5. The van der Waals surface area contributed by atoms with Crippen molar-refractivity contribution in [3.8, 4) is 0 Å². The number of aromatic amines is 1. The number of fused-ring (bicyclic) bond motifs is 2. The second kappa shape index (κ2) is 8.29. The highest BCUT2D eigenvalue weighted by Gasteiger charge is 2.34. The molecule has 0 bridgehead atoms. The molecule has 0 aliphatic carbocycles. The lowest BCUT2D eigenvalue weighted by molar-refractivity contribution is -0.0220. The third kappa shape index (κ3) is 3.94. The number of thiophene rings is 1. The Hall–Kier alpha value is -3.37. The van der Waals surface area contributed by atoms with Gasteiger partial charge in [-0.3, -0.25) is 14.7 Å². The summed E-state index contributed by atoms with van der Waals surface area (Å²) in [5, 5.41) is 24.2. The molecule has 3 N–H and O–H groups in total. The van der Waals surface area contributed by atoms with E-state index in [0.29, 0.717) is 50.2 Å². The fraction of sp³-hybridized carbons (Fsp3) is 0.318. The zero-order valence-electron chi connectivity index (χ0n) is 17.2. The molecule has 0 spiro atoms. The Morgan fingerprint density at radius 1 is 1.22 bits per heavy atom. The molecule has 32 heavy (non-hydrogen) atoms. The normalized spacial score (nSPS) is 15.8. The van der Waals surface area contributed by atoms with E-state index in [9.17, 15) is 14.7 Å². The van der Waals surface area contributed by atoms with E-state index in [4.69, 9.17) is 0 Å². The molecule has 10 heteroatoms. The van der Waals surface area contributed by atoms with Crippen molar-refractivity contribution in [3.63, 3.8) is 0 Å². The maximum Gasteiger partial charge on any atom is 0.270 e. The molecule has 164 valence electrons. The summed E-state index contributed by atoms with van der Waals surface area (Å²) in [6.45, 7) is 1.26. The zero-order chi connectivity index (χ0) is 22.1. The molecule has 5 rings (SSSR count). The van der Waals surface area contributed by atoms with Gasteiger partial charge in [-0.05, 0) is 48.9 Å². The van der Waals surface area contributed by atoms with Crippen LogP contribution in [0.5, 0.6) is 0 Å². The number of hydrogen-bond donors (Lipinski definition) is 3. The van der Waals surface area contributed by atoms with Crippen molar-refractivity contribution in [2.75, 3.05) is 19.6 Å². The number of aliphatic hydroxyl groups is 1. The van der Waals surface area contributed by atoms with Gasteiger partial charge in [-0.1, -0.05) is 0 Å². The van der Waals surface area contributed by atoms with Gasteiger partial charge in [0.05, 0.1) is 17.3 Å². The van der Waals surface area contributed by atoms with Gasteiger partial charge in [0.1, 0.15) is 16.9 Å². The van der Waals surface area contributed by atoms with E-state index >= 15 is 0 Å². The molecule has 4 heterocycles. The van der Waals surface area contributed by atoms with Crippen molar-refractivity contribution in [1.29, 1.82) is 0 Å². The molecular formula is C22H22N6O3S. The number of rotatable bonds is 5. The quantitative estimate of drug-likeness (QED) is 0.429. The number of piperidine rings is 1. The van der Waals surface area contributed by atoms with Gasteiger partial charge < -0.3 is 15.3 Å². The van der Waals surface area contributed by atoms with Crippen LogP contribution in [0.1, 0.15) is 40.1 Å². The highest BCUT2D eigenvalue weighted by Crippen LogP contribution is 2.27. The number of carbonyl (C=O) groups excluding carboxylic acids is 2. The molecule has 0 radical (unpaired) electrons. The maximum atomic E-state index is 12.9. The Bertz CT molecular complexity index is 1290. The molecular weight excluding hydrogens is 428 g/mol. The summed E-state index contributed by atoms with van der Waals surface area (Å²) in [4.78, 5) is 36.2. The van der Waals surface area contributed by atoms with Crippen LogP contribution in [-0.4, -0.2) is 67.2 Å².